The van der Waals surface area contributed by atoms with Gasteiger partial charge in [-0.2, -0.15) is 0 Å². The number of carbonyl (C=O) groups is 1. The smallest absolute Gasteiger partial charge is 0.314 e. The van der Waals surface area contributed by atoms with Crippen LogP contribution in [0.5, 0.6) is 5.75 Å². The van der Waals surface area contributed by atoms with E-state index < -0.39 is 5.92 Å². The Hall–Kier alpha value is -2.83. The lowest BCUT2D eigenvalue weighted by molar-refractivity contribution is -0.300. The Labute approximate surface area is 202 Å². The van der Waals surface area contributed by atoms with E-state index in [1.165, 1.54) is 6.92 Å². The van der Waals surface area contributed by atoms with E-state index in [9.17, 15) is 9.90 Å². The van der Waals surface area contributed by atoms with Crippen LogP contribution in [0.3, 0.4) is 0 Å². The van der Waals surface area contributed by atoms with Crippen molar-refractivity contribution in [3.8, 4) is 5.75 Å². The minimum atomic E-state index is -0.669. The summed E-state index contributed by atoms with van der Waals surface area (Å²) in [6.07, 6.45) is 0. The Kier molecular flexibility index (Phi) is 7.91. The number of benzene rings is 2. The van der Waals surface area contributed by atoms with Crippen molar-refractivity contribution in [2.75, 3.05) is 46.1 Å². The number of hydrogen-bond donors (Lipinski definition) is 0. The van der Waals surface area contributed by atoms with Crippen molar-refractivity contribution in [2.45, 2.75) is 26.7 Å². The number of esters is 1. The molecule has 4 rings (SSSR count). The monoisotopic (exact) mass is 464 g/mol. The number of nitrogens with zero attached hydrogens (tertiary/aromatic N) is 1. The molecule has 6 nitrogen and oxygen atoms in total. The van der Waals surface area contributed by atoms with E-state index >= 15 is 0 Å². The quantitative estimate of drug-likeness (QED) is 0.440. The van der Waals surface area contributed by atoms with Crippen LogP contribution in [0.2, 0.25) is 0 Å². The molecule has 1 aliphatic carbocycles. The Morgan fingerprint density at radius 2 is 1.88 bits per heavy atom. The molecule has 0 spiro atoms. The fourth-order valence-corrected chi connectivity index (χ4v) is 4.79. The third-order valence-electron chi connectivity index (χ3n) is 6.43. The maximum atomic E-state index is 13.3. The van der Waals surface area contributed by atoms with Crippen LogP contribution in [0.25, 0.3) is 5.57 Å². The highest BCUT2D eigenvalue weighted by molar-refractivity contribution is 5.95. The first-order valence-electron chi connectivity index (χ1n) is 12.1. The normalized spacial score (nSPS) is 21.9. The van der Waals surface area contributed by atoms with Crippen LogP contribution in [0.4, 0.5) is 0 Å². The van der Waals surface area contributed by atoms with Crippen LogP contribution >= 0.6 is 0 Å². The molecule has 0 radical (unpaired) electrons. The average molecular weight is 465 g/mol. The summed E-state index contributed by atoms with van der Waals surface area (Å²) in [7, 11) is 0. The number of allylic oxidation sites excluding steroid dienone is 1. The van der Waals surface area contributed by atoms with Gasteiger partial charge in [-0.1, -0.05) is 57.2 Å². The molecule has 2 aliphatic rings. The molecule has 1 fully saturated rings. The van der Waals surface area contributed by atoms with Crippen molar-refractivity contribution in [3.63, 3.8) is 0 Å². The van der Waals surface area contributed by atoms with Gasteiger partial charge in [0.25, 0.3) is 0 Å². The Morgan fingerprint density at radius 3 is 2.56 bits per heavy atom. The van der Waals surface area contributed by atoms with Crippen LogP contribution in [0, 0.1) is 11.8 Å². The highest BCUT2D eigenvalue weighted by atomic mass is 16.5. The number of carbonyl (C=O) groups excluding carboxylic acids is 1. The van der Waals surface area contributed by atoms with Crippen LogP contribution in [0.1, 0.15) is 43.4 Å². The third kappa shape index (κ3) is 5.45. The largest absolute Gasteiger partial charge is 0.875 e. The van der Waals surface area contributed by atoms with Gasteiger partial charge in [-0.25, -0.2) is 0 Å². The molecule has 0 N–H and O–H groups in total. The van der Waals surface area contributed by atoms with Crippen molar-refractivity contribution >= 4 is 11.5 Å². The molecule has 6 heteroatoms. The lowest BCUT2D eigenvalue weighted by atomic mass is 9.84. The van der Waals surface area contributed by atoms with Gasteiger partial charge in [0.15, 0.2) is 0 Å². The molecule has 34 heavy (non-hydrogen) atoms. The minimum Gasteiger partial charge on any atom is -0.875 e. The van der Waals surface area contributed by atoms with E-state index in [1.54, 1.807) is 0 Å². The van der Waals surface area contributed by atoms with Crippen LogP contribution in [0.15, 0.2) is 54.3 Å². The van der Waals surface area contributed by atoms with E-state index in [0.717, 1.165) is 49.5 Å². The topological polar surface area (TPSA) is 71.1 Å². The summed E-state index contributed by atoms with van der Waals surface area (Å²) in [4.78, 5) is 15.6. The van der Waals surface area contributed by atoms with Crippen LogP contribution in [-0.2, 0) is 14.3 Å². The summed E-state index contributed by atoms with van der Waals surface area (Å²) in [5.41, 5.74) is 3.25. The molecule has 182 valence electrons. The summed E-state index contributed by atoms with van der Waals surface area (Å²) in [5, 5.41) is 12.9. The number of fused-ring (bicyclic) bond motifs is 1. The first-order valence-corrected chi connectivity index (χ1v) is 12.1. The van der Waals surface area contributed by atoms with Gasteiger partial charge in [-0.3, -0.25) is 9.69 Å². The van der Waals surface area contributed by atoms with Crippen molar-refractivity contribution in [1.29, 1.82) is 0 Å². The minimum absolute atomic E-state index is 0.114. The predicted octanol–water partition coefficient (Wildman–Crippen LogP) is 3.45. The molecule has 0 aromatic heterocycles. The number of hydrogen-bond acceptors (Lipinski definition) is 6. The molecular formula is C28H34NO5-. The summed E-state index contributed by atoms with van der Waals surface area (Å²) in [6, 6.07) is 15.7. The molecule has 2 aromatic rings. The maximum absolute atomic E-state index is 13.3. The van der Waals surface area contributed by atoms with Crippen molar-refractivity contribution < 1.29 is 24.1 Å². The van der Waals surface area contributed by atoms with E-state index in [0.29, 0.717) is 24.5 Å². The predicted molar refractivity (Wildman–Crippen MR) is 129 cm³/mol. The number of rotatable bonds is 8. The van der Waals surface area contributed by atoms with Gasteiger partial charge < -0.3 is 19.3 Å². The summed E-state index contributed by atoms with van der Waals surface area (Å²) >= 11 is 0. The zero-order valence-electron chi connectivity index (χ0n) is 20.3. The van der Waals surface area contributed by atoms with E-state index in [4.69, 9.17) is 14.2 Å². The Morgan fingerprint density at radius 1 is 1.15 bits per heavy atom. The first-order chi connectivity index (χ1) is 16.5. The molecule has 0 bridgehead atoms. The van der Waals surface area contributed by atoms with E-state index in [-0.39, 0.29) is 23.6 Å². The molecule has 1 saturated heterocycles. The molecule has 1 aliphatic heterocycles. The Balaban J connectivity index is 1.63. The van der Waals surface area contributed by atoms with Gasteiger partial charge in [-0.05, 0) is 40.3 Å². The highest BCUT2D eigenvalue weighted by Gasteiger charge is 2.43. The lowest BCUT2D eigenvalue weighted by Crippen LogP contribution is -2.38. The highest BCUT2D eigenvalue weighted by Crippen LogP contribution is 2.51. The fraction of sp³-hybridized carbons (Fsp3) is 0.464. The summed E-state index contributed by atoms with van der Waals surface area (Å²) in [5.74, 6) is -0.478. The van der Waals surface area contributed by atoms with Gasteiger partial charge in [0.05, 0.1) is 25.7 Å². The Bertz CT molecular complexity index is 1010. The van der Waals surface area contributed by atoms with Crippen molar-refractivity contribution in [2.24, 2.45) is 11.8 Å². The van der Waals surface area contributed by atoms with Gasteiger partial charge >= 0.3 is 5.97 Å². The van der Waals surface area contributed by atoms with Crippen LogP contribution < -0.4 is 9.84 Å². The van der Waals surface area contributed by atoms with Gasteiger partial charge in [0.2, 0.25) is 0 Å². The second-order valence-electron chi connectivity index (χ2n) is 9.41. The molecule has 0 amide bonds. The first kappa shape index (κ1) is 24.3. The summed E-state index contributed by atoms with van der Waals surface area (Å²) < 4.78 is 17.1. The molecular weight excluding hydrogens is 430 g/mol. The van der Waals surface area contributed by atoms with Gasteiger partial charge in [0.1, 0.15) is 12.4 Å². The molecule has 1 heterocycles. The maximum Gasteiger partial charge on any atom is 0.314 e. The fourth-order valence-electron chi connectivity index (χ4n) is 4.79. The average Bonchev–Trinajstić information content (AvgIpc) is 3.18. The SMILES string of the molecule is C/C([O-])=C1/c2cc(OCCN3CCOCC3)ccc2C(c2ccccc2)C1C(=O)OCC(C)C. The zero-order valence-corrected chi connectivity index (χ0v) is 20.3. The van der Waals surface area contributed by atoms with E-state index in [1.807, 2.05) is 62.4 Å². The zero-order chi connectivity index (χ0) is 24.1. The van der Waals surface area contributed by atoms with Crippen molar-refractivity contribution in [3.05, 3.63) is 71.0 Å². The van der Waals surface area contributed by atoms with Crippen LogP contribution in [-0.4, -0.2) is 56.9 Å². The standard InChI is InChI=1S/C28H35NO5/c1-19(2)18-34-28(31)27-25(20(3)30)24-17-22(33-16-13-29-11-14-32-15-12-29)9-10-23(24)26(27)21-7-5-4-6-8-21/h4-10,17,19,26-27,30H,11-16,18H2,1-3H3/p-1/b25-20+. The number of morpholine rings is 1. The molecule has 2 aromatic carbocycles. The summed E-state index contributed by atoms with van der Waals surface area (Å²) in [6.45, 7) is 10.6. The van der Waals surface area contributed by atoms with E-state index in [2.05, 4.69) is 4.90 Å². The van der Waals surface area contributed by atoms with Gasteiger partial charge in [0, 0.05) is 25.6 Å². The molecule has 2 atom stereocenters. The lowest BCUT2D eigenvalue weighted by Gasteiger charge is -2.26. The number of ether oxygens (including phenoxy) is 3. The second-order valence-corrected chi connectivity index (χ2v) is 9.41. The van der Waals surface area contributed by atoms with Gasteiger partial charge in [-0.15, -0.1) is 5.76 Å². The van der Waals surface area contributed by atoms with Crippen molar-refractivity contribution in [1.82, 2.24) is 4.90 Å². The second kappa shape index (κ2) is 11.1. The molecule has 0 saturated carbocycles. The third-order valence-corrected chi connectivity index (χ3v) is 6.43. The molecule has 2 unspecified atom stereocenters.